The summed E-state index contributed by atoms with van der Waals surface area (Å²) in [6.45, 7) is 2.00. The van der Waals surface area contributed by atoms with Crippen molar-refractivity contribution in [1.29, 1.82) is 0 Å². The molecule has 0 aliphatic heterocycles. The van der Waals surface area contributed by atoms with E-state index in [1.165, 1.54) is 6.21 Å². The number of aryl methyl sites for hydroxylation is 1. The molecule has 29 heavy (non-hydrogen) atoms. The van der Waals surface area contributed by atoms with Crippen LogP contribution in [0.1, 0.15) is 16.7 Å². The number of nitrogens with one attached hydrogen (secondary N) is 2. The summed E-state index contributed by atoms with van der Waals surface area (Å²) in [7, 11) is 0. The van der Waals surface area contributed by atoms with Crippen LogP contribution in [-0.4, -0.2) is 28.1 Å². The largest absolute Gasteiger partial charge is 0.361 e. The quantitative estimate of drug-likeness (QED) is 0.268. The van der Waals surface area contributed by atoms with E-state index in [-0.39, 0.29) is 5.91 Å². The molecular formula is C22H20ClN5O. The molecule has 146 valence electrons. The molecule has 4 aromatic rings. The third-order valence-corrected chi connectivity index (χ3v) is 5.09. The fourth-order valence-electron chi connectivity index (χ4n) is 3.24. The highest BCUT2D eigenvalue weighted by Crippen LogP contribution is 2.21. The molecule has 0 saturated heterocycles. The van der Waals surface area contributed by atoms with Gasteiger partial charge >= 0.3 is 0 Å². The number of hydrogen-bond acceptors (Lipinski definition) is 4. The van der Waals surface area contributed by atoms with Crippen LogP contribution < -0.4 is 11.2 Å². The summed E-state index contributed by atoms with van der Waals surface area (Å²) in [6.07, 6.45) is 3.76. The van der Waals surface area contributed by atoms with Gasteiger partial charge in [-0.3, -0.25) is 4.79 Å². The molecule has 0 saturated carbocycles. The molecule has 1 amide bonds. The van der Waals surface area contributed by atoms with Crippen LogP contribution in [0.4, 0.5) is 0 Å². The number of H-pyrrole nitrogens is 1. The van der Waals surface area contributed by atoms with E-state index in [0.29, 0.717) is 17.1 Å². The number of para-hydroxylation sites is 1. The second kappa shape index (κ2) is 8.03. The highest BCUT2D eigenvalue weighted by atomic mass is 35.5. The number of nitrogens with zero attached hydrogens (tertiary/aromatic N) is 2. The molecule has 4 rings (SSSR count). The summed E-state index contributed by atoms with van der Waals surface area (Å²) in [4.78, 5) is 19.9. The molecular weight excluding hydrogens is 386 g/mol. The fraction of sp³-hybridized carbons (Fsp3) is 0.136. The molecule has 0 fully saturated rings. The van der Waals surface area contributed by atoms with Crippen molar-refractivity contribution in [3.05, 3.63) is 76.6 Å². The standard InChI is InChI=1S/C22H20ClN5O/c1-13-6-7-14-9-16(21(23)27-20(14)8-13)12-26-28-22(29)18(24)10-15-11-25-19-5-3-2-4-17(15)19/h2-9,11-12,18,25H,10,24H2,1H3,(H,28,29)/t18-/m0/s1. The normalized spacial score (nSPS) is 12.7. The van der Waals surface area contributed by atoms with Gasteiger partial charge in [-0.15, -0.1) is 0 Å². The second-order valence-electron chi connectivity index (χ2n) is 6.97. The van der Waals surface area contributed by atoms with Gasteiger partial charge in [0, 0.05) is 28.0 Å². The Morgan fingerprint density at radius 1 is 1.31 bits per heavy atom. The molecule has 4 N–H and O–H groups in total. The number of aromatic amines is 1. The van der Waals surface area contributed by atoms with E-state index in [9.17, 15) is 4.79 Å². The predicted molar refractivity (Wildman–Crippen MR) is 117 cm³/mol. The third kappa shape index (κ3) is 4.13. The molecule has 7 heteroatoms. The first-order valence-corrected chi connectivity index (χ1v) is 9.59. The van der Waals surface area contributed by atoms with Crippen LogP contribution >= 0.6 is 11.6 Å². The Morgan fingerprint density at radius 3 is 3.00 bits per heavy atom. The molecule has 0 aliphatic rings. The first-order chi connectivity index (χ1) is 14.0. The maximum atomic E-state index is 12.3. The number of carbonyl (C=O) groups is 1. The minimum Gasteiger partial charge on any atom is -0.361 e. The van der Waals surface area contributed by atoms with E-state index in [0.717, 1.165) is 32.9 Å². The van der Waals surface area contributed by atoms with Crippen LogP contribution in [0.2, 0.25) is 5.15 Å². The Labute approximate surface area is 172 Å². The number of fused-ring (bicyclic) bond motifs is 2. The second-order valence-corrected chi connectivity index (χ2v) is 7.33. The molecule has 0 bridgehead atoms. The van der Waals surface area contributed by atoms with Crippen molar-refractivity contribution in [3.63, 3.8) is 0 Å². The summed E-state index contributed by atoms with van der Waals surface area (Å²) in [5.74, 6) is -0.368. The van der Waals surface area contributed by atoms with Gasteiger partial charge in [0.25, 0.3) is 5.91 Å². The molecule has 1 atom stereocenters. The van der Waals surface area contributed by atoms with E-state index in [2.05, 4.69) is 20.5 Å². The third-order valence-electron chi connectivity index (χ3n) is 4.78. The Hall–Kier alpha value is -3.22. The van der Waals surface area contributed by atoms with Gasteiger partial charge in [0.1, 0.15) is 5.15 Å². The maximum Gasteiger partial charge on any atom is 0.257 e. The van der Waals surface area contributed by atoms with E-state index >= 15 is 0 Å². The van der Waals surface area contributed by atoms with Crippen molar-refractivity contribution in [2.24, 2.45) is 10.8 Å². The minimum atomic E-state index is -0.723. The van der Waals surface area contributed by atoms with Gasteiger partial charge in [0.05, 0.1) is 17.8 Å². The molecule has 2 aromatic carbocycles. The van der Waals surface area contributed by atoms with Gasteiger partial charge in [-0.1, -0.05) is 41.9 Å². The van der Waals surface area contributed by atoms with Crippen LogP contribution in [0.25, 0.3) is 21.8 Å². The lowest BCUT2D eigenvalue weighted by Gasteiger charge is -2.09. The van der Waals surface area contributed by atoms with Crippen molar-refractivity contribution < 1.29 is 4.79 Å². The lowest BCUT2D eigenvalue weighted by Crippen LogP contribution is -2.39. The lowest BCUT2D eigenvalue weighted by molar-refractivity contribution is -0.122. The number of aromatic nitrogens is 2. The highest BCUT2D eigenvalue weighted by Gasteiger charge is 2.15. The van der Waals surface area contributed by atoms with E-state index in [1.54, 1.807) is 0 Å². The first-order valence-electron chi connectivity index (χ1n) is 9.21. The summed E-state index contributed by atoms with van der Waals surface area (Å²) >= 11 is 6.24. The molecule has 0 radical (unpaired) electrons. The van der Waals surface area contributed by atoms with Gasteiger partial charge < -0.3 is 10.7 Å². The van der Waals surface area contributed by atoms with Crippen molar-refractivity contribution in [2.75, 3.05) is 0 Å². The van der Waals surface area contributed by atoms with Crippen LogP contribution in [0.3, 0.4) is 0 Å². The monoisotopic (exact) mass is 405 g/mol. The Balaban J connectivity index is 1.43. The van der Waals surface area contributed by atoms with Crippen molar-refractivity contribution in [3.8, 4) is 0 Å². The molecule has 0 spiro atoms. The number of halogens is 1. The number of hydrazone groups is 1. The Kier molecular flexibility index (Phi) is 5.29. The Bertz CT molecular complexity index is 1230. The van der Waals surface area contributed by atoms with E-state index < -0.39 is 6.04 Å². The van der Waals surface area contributed by atoms with Gasteiger partial charge in [-0.2, -0.15) is 5.10 Å². The smallest absolute Gasteiger partial charge is 0.257 e. The SMILES string of the molecule is Cc1ccc2cc(C=NNC(=O)[C@@H](N)Cc3c[nH]c4ccccc34)c(Cl)nc2c1. The van der Waals surface area contributed by atoms with Crippen LogP contribution in [-0.2, 0) is 11.2 Å². The number of amides is 1. The number of benzene rings is 2. The maximum absolute atomic E-state index is 12.3. The Morgan fingerprint density at radius 2 is 2.14 bits per heavy atom. The molecule has 0 aliphatic carbocycles. The average Bonchev–Trinajstić information content (AvgIpc) is 3.11. The highest BCUT2D eigenvalue weighted by molar-refractivity contribution is 6.32. The topological polar surface area (TPSA) is 96.2 Å². The number of rotatable bonds is 5. The summed E-state index contributed by atoms with van der Waals surface area (Å²) in [5.41, 5.74) is 13.1. The zero-order valence-corrected chi connectivity index (χ0v) is 16.6. The molecule has 0 unspecified atom stereocenters. The zero-order valence-electron chi connectivity index (χ0n) is 15.8. The minimum absolute atomic E-state index is 0.323. The van der Waals surface area contributed by atoms with Gasteiger partial charge in [-0.05, 0) is 42.7 Å². The number of carbonyl (C=O) groups excluding carboxylic acids is 1. The molecule has 2 aromatic heterocycles. The van der Waals surface area contributed by atoms with Crippen LogP contribution in [0, 0.1) is 6.92 Å². The van der Waals surface area contributed by atoms with Crippen molar-refractivity contribution in [2.45, 2.75) is 19.4 Å². The molecule has 6 nitrogen and oxygen atoms in total. The zero-order chi connectivity index (χ0) is 20.4. The number of nitrogens with two attached hydrogens (primary N) is 1. The van der Waals surface area contributed by atoms with Crippen LogP contribution in [0.15, 0.2) is 59.8 Å². The first kappa shape index (κ1) is 19.1. The van der Waals surface area contributed by atoms with Crippen molar-refractivity contribution >= 4 is 45.5 Å². The lowest BCUT2D eigenvalue weighted by atomic mass is 10.1. The van der Waals surface area contributed by atoms with E-state index in [4.69, 9.17) is 17.3 Å². The van der Waals surface area contributed by atoms with Crippen LogP contribution in [0.5, 0.6) is 0 Å². The van der Waals surface area contributed by atoms with Gasteiger partial charge in [0.15, 0.2) is 0 Å². The summed E-state index contributed by atoms with van der Waals surface area (Å²) < 4.78 is 0. The predicted octanol–water partition coefficient (Wildman–Crippen LogP) is 3.70. The van der Waals surface area contributed by atoms with E-state index in [1.807, 2.05) is 61.7 Å². The number of hydrogen-bond donors (Lipinski definition) is 3. The molecule has 2 heterocycles. The fourth-order valence-corrected chi connectivity index (χ4v) is 3.43. The summed E-state index contributed by atoms with van der Waals surface area (Å²) in [5, 5.41) is 6.33. The average molecular weight is 406 g/mol. The van der Waals surface area contributed by atoms with Crippen molar-refractivity contribution in [1.82, 2.24) is 15.4 Å². The summed E-state index contributed by atoms with van der Waals surface area (Å²) in [6, 6.07) is 15.0. The van der Waals surface area contributed by atoms with Gasteiger partial charge in [-0.25, -0.2) is 10.4 Å². The number of pyridine rings is 1. The van der Waals surface area contributed by atoms with Gasteiger partial charge in [0.2, 0.25) is 0 Å².